The minimum absolute atomic E-state index is 0.379. The van der Waals surface area contributed by atoms with Crippen LogP contribution in [-0.2, 0) is 11.3 Å². The molecule has 1 unspecified atom stereocenters. The number of anilines is 1. The van der Waals surface area contributed by atoms with Crippen LogP contribution in [0.15, 0.2) is 24.3 Å². The van der Waals surface area contributed by atoms with Gasteiger partial charge in [-0.05, 0) is 64.2 Å². The first kappa shape index (κ1) is 17.6. The van der Waals surface area contributed by atoms with Crippen molar-refractivity contribution in [3.05, 3.63) is 29.8 Å². The predicted octanol–water partition coefficient (Wildman–Crippen LogP) is 4.70. The summed E-state index contributed by atoms with van der Waals surface area (Å²) >= 11 is 0. The Morgan fingerprint density at radius 3 is 2.65 bits per heavy atom. The zero-order chi connectivity index (χ0) is 16.9. The molecule has 0 bridgehead atoms. The van der Waals surface area contributed by atoms with Crippen LogP contribution in [0.1, 0.15) is 58.9 Å². The first-order chi connectivity index (χ1) is 10.8. The Kier molecular flexibility index (Phi) is 5.91. The number of carbonyl (C=O) groups is 1. The van der Waals surface area contributed by atoms with E-state index in [0.29, 0.717) is 12.6 Å². The highest BCUT2D eigenvalue weighted by Crippen LogP contribution is 2.29. The zero-order valence-electron chi connectivity index (χ0n) is 14.8. The summed E-state index contributed by atoms with van der Waals surface area (Å²) in [7, 11) is 0. The summed E-state index contributed by atoms with van der Waals surface area (Å²) in [4.78, 5) is 11.7. The number of benzene rings is 1. The minimum atomic E-state index is -0.468. The molecule has 0 aliphatic heterocycles. The lowest BCUT2D eigenvalue weighted by Gasteiger charge is -2.22. The molecule has 1 atom stereocenters. The van der Waals surface area contributed by atoms with Crippen molar-refractivity contribution >= 4 is 11.8 Å². The molecular weight excluding hydrogens is 288 g/mol. The number of ether oxygens (including phenoxy) is 1. The maximum absolute atomic E-state index is 11.7. The van der Waals surface area contributed by atoms with Gasteiger partial charge in [0, 0.05) is 18.3 Å². The lowest BCUT2D eigenvalue weighted by atomic mass is 9.99. The maximum atomic E-state index is 11.7. The Morgan fingerprint density at radius 1 is 1.30 bits per heavy atom. The van der Waals surface area contributed by atoms with Crippen LogP contribution in [0.25, 0.3) is 0 Å². The summed E-state index contributed by atoms with van der Waals surface area (Å²) in [5, 5.41) is 6.41. The third kappa shape index (κ3) is 6.12. The quantitative estimate of drug-likeness (QED) is 0.827. The molecule has 4 nitrogen and oxygen atoms in total. The SMILES string of the molecule is CC(Nc1cccc(CNC(=O)OC(C)(C)C)c1)C1CCCC1. The topological polar surface area (TPSA) is 50.4 Å². The van der Waals surface area contributed by atoms with Gasteiger partial charge >= 0.3 is 6.09 Å². The van der Waals surface area contributed by atoms with Gasteiger partial charge in [-0.25, -0.2) is 4.79 Å². The first-order valence-electron chi connectivity index (χ1n) is 8.66. The molecule has 1 saturated carbocycles. The fourth-order valence-corrected chi connectivity index (χ4v) is 3.10. The van der Waals surface area contributed by atoms with Gasteiger partial charge in [0.25, 0.3) is 0 Å². The molecule has 1 amide bonds. The van der Waals surface area contributed by atoms with Crippen LogP contribution in [0.3, 0.4) is 0 Å². The van der Waals surface area contributed by atoms with Crippen molar-refractivity contribution < 1.29 is 9.53 Å². The average Bonchev–Trinajstić information content (AvgIpc) is 2.98. The summed E-state index contributed by atoms with van der Waals surface area (Å²) in [5.74, 6) is 0.776. The van der Waals surface area contributed by atoms with Crippen molar-refractivity contribution in [2.24, 2.45) is 5.92 Å². The molecule has 0 saturated heterocycles. The molecule has 2 N–H and O–H groups in total. The molecule has 2 rings (SSSR count). The number of hydrogen-bond donors (Lipinski definition) is 2. The molecule has 1 aliphatic carbocycles. The van der Waals surface area contributed by atoms with Gasteiger partial charge in [-0.3, -0.25) is 0 Å². The van der Waals surface area contributed by atoms with Crippen molar-refractivity contribution in [3.63, 3.8) is 0 Å². The van der Waals surface area contributed by atoms with Crippen LogP contribution in [0.5, 0.6) is 0 Å². The van der Waals surface area contributed by atoms with Gasteiger partial charge in [0.15, 0.2) is 0 Å². The summed E-state index contributed by atoms with van der Waals surface area (Å²) < 4.78 is 5.26. The number of carbonyl (C=O) groups excluding carboxylic acids is 1. The molecule has 0 spiro atoms. The predicted molar refractivity (Wildman–Crippen MR) is 94.6 cm³/mol. The molecule has 4 heteroatoms. The highest BCUT2D eigenvalue weighted by molar-refractivity contribution is 5.67. The van der Waals surface area contributed by atoms with E-state index in [-0.39, 0.29) is 6.09 Å². The number of hydrogen-bond acceptors (Lipinski definition) is 3. The Bertz CT molecular complexity index is 516. The Labute approximate surface area is 140 Å². The molecular formula is C19H30N2O2. The van der Waals surface area contributed by atoms with E-state index in [1.54, 1.807) is 0 Å². The van der Waals surface area contributed by atoms with Gasteiger partial charge in [-0.15, -0.1) is 0 Å². The molecule has 23 heavy (non-hydrogen) atoms. The van der Waals surface area contributed by atoms with Gasteiger partial charge in [0.05, 0.1) is 0 Å². The van der Waals surface area contributed by atoms with Crippen LogP contribution in [0, 0.1) is 5.92 Å². The molecule has 0 heterocycles. The summed E-state index contributed by atoms with van der Waals surface area (Å²) in [6.45, 7) is 8.33. The van der Waals surface area contributed by atoms with Crippen LogP contribution in [-0.4, -0.2) is 17.7 Å². The Balaban J connectivity index is 1.85. The van der Waals surface area contributed by atoms with Crippen molar-refractivity contribution in [2.45, 2.75) is 71.6 Å². The summed E-state index contributed by atoms with van der Waals surface area (Å²) in [6, 6.07) is 8.72. The second-order valence-electron chi connectivity index (χ2n) is 7.53. The Hall–Kier alpha value is -1.71. The molecule has 1 fully saturated rings. The monoisotopic (exact) mass is 318 g/mol. The van der Waals surface area contributed by atoms with E-state index in [9.17, 15) is 4.79 Å². The second-order valence-corrected chi connectivity index (χ2v) is 7.53. The van der Waals surface area contributed by atoms with Gasteiger partial charge < -0.3 is 15.4 Å². The van der Waals surface area contributed by atoms with Gasteiger partial charge in [0.1, 0.15) is 5.60 Å². The number of nitrogens with one attached hydrogen (secondary N) is 2. The largest absolute Gasteiger partial charge is 0.444 e. The molecule has 1 aromatic rings. The van der Waals surface area contributed by atoms with Crippen LogP contribution in [0.2, 0.25) is 0 Å². The van der Waals surface area contributed by atoms with E-state index in [2.05, 4.69) is 29.7 Å². The standard InChI is InChI=1S/C19H30N2O2/c1-14(16-9-5-6-10-16)21-17-11-7-8-15(12-17)13-20-18(22)23-19(2,3)4/h7-8,11-12,14,16,21H,5-6,9-10,13H2,1-4H3,(H,20,22). The van der Waals surface area contributed by atoms with E-state index in [1.807, 2.05) is 32.9 Å². The summed E-state index contributed by atoms with van der Waals surface area (Å²) in [6.07, 6.45) is 4.99. The number of rotatable bonds is 5. The van der Waals surface area contributed by atoms with Gasteiger partial charge in [-0.1, -0.05) is 25.0 Å². The van der Waals surface area contributed by atoms with Gasteiger partial charge in [-0.2, -0.15) is 0 Å². The van der Waals surface area contributed by atoms with Crippen LogP contribution in [0.4, 0.5) is 10.5 Å². The van der Waals surface area contributed by atoms with Crippen LogP contribution < -0.4 is 10.6 Å². The highest BCUT2D eigenvalue weighted by Gasteiger charge is 2.21. The van der Waals surface area contributed by atoms with E-state index in [1.165, 1.54) is 25.7 Å². The van der Waals surface area contributed by atoms with Gasteiger partial charge in [0.2, 0.25) is 0 Å². The third-order valence-corrected chi connectivity index (χ3v) is 4.26. The number of alkyl carbamates (subject to hydrolysis) is 1. The highest BCUT2D eigenvalue weighted by atomic mass is 16.6. The first-order valence-corrected chi connectivity index (χ1v) is 8.66. The van der Waals surface area contributed by atoms with Crippen molar-refractivity contribution in [2.75, 3.05) is 5.32 Å². The van der Waals surface area contributed by atoms with E-state index < -0.39 is 5.60 Å². The fraction of sp³-hybridized carbons (Fsp3) is 0.632. The van der Waals surface area contributed by atoms with Crippen molar-refractivity contribution in [1.82, 2.24) is 5.32 Å². The normalized spacial score (nSPS) is 16.9. The Morgan fingerprint density at radius 2 is 2.00 bits per heavy atom. The molecule has 128 valence electrons. The van der Waals surface area contributed by atoms with E-state index >= 15 is 0 Å². The maximum Gasteiger partial charge on any atom is 0.407 e. The van der Waals surface area contributed by atoms with Crippen LogP contribution >= 0.6 is 0 Å². The smallest absolute Gasteiger partial charge is 0.407 e. The number of amides is 1. The third-order valence-electron chi connectivity index (χ3n) is 4.26. The lowest BCUT2D eigenvalue weighted by molar-refractivity contribution is 0.0523. The average molecular weight is 318 g/mol. The van der Waals surface area contributed by atoms with E-state index in [0.717, 1.165) is 17.2 Å². The molecule has 0 radical (unpaired) electrons. The second kappa shape index (κ2) is 7.71. The molecule has 0 aromatic heterocycles. The minimum Gasteiger partial charge on any atom is -0.444 e. The van der Waals surface area contributed by atoms with Crippen molar-refractivity contribution in [3.8, 4) is 0 Å². The molecule has 1 aliphatic rings. The lowest BCUT2D eigenvalue weighted by Crippen LogP contribution is -2.32. The van der Waals surface area contributed by atoms with E-state index in [4.69, 9.17) is 4.74 Å². The fourth-order valence-electron chi connectivity index (χ4n) is 3.10. The molecule has 1 aromatic carbocycles. The van der Waals surface area contributed by atoms with Crippen molar-refractivity contribution in [1.29, 1.82) is 0 Å². The summed E-state index contributed by atoms with van der Waals surface area (Å²) in [5.41, 5.74) is 1.72. The zero-order valence-corrected chi connectivity index (χ0v) is 14.8.